The average Bonchev–Trinajstić information content (AvgIpc) is 2.32. The molecule has 6 nitrogen and oxygen atoms in total. The van der Waals surface area contributed by atoms with Gasteiger partial charge in [-0.3, -0.25) is 9.52 Å². The van der Waals surface area contributed by atoms with Crippen molar-refractivity contribution in [1.29, 1.82) is 0 Å². The van der Waals surface area contributed by atoms with Crippen molar-refractivity contribution < 1.29 is 13.2 Å². The van der Waals surface area contributed by atoms with Crippen molar-refractivity contribution in [3.63, 3.8) is 0 Å². The standard InChI is InChI=1S/C11H17N3O3S.ClH/c1-2-18(16,17)14-10-5-3-9(4-6-10)13-11(15)7-8-12;/h3-6,14H,2,7-8,12H2,1H3,(H,13,15);1H. The van der Waals surface area contributed by atoms with Crippen LogP contribution in [0, 0.1) is 0 Å². The van der Waals surface area contributed by atoms with E-state index in [-0.39, 0.29) is 30.5 Å². The molecule has 0 atom stereocenters. The molecule has 1 amide bonds. The number of hydrogen-bond acceptors (Lipinski definition) is 4. The zero-order valence-electron chi connectivity index (χ0n) is 10.5. The van der Waals surface area contributed by atoms with E-state index < -0.39 is 10.0 Å². The van der Waals surface area contributed by atoms with Crippen LogP contribution in [0.3, 0.4) is 0 Å². The molecule has 0 aromatic heterocycles. The molecule has 0 heterocycles. The number of carbonyl (C=O) groups is 1. The van der Waals surface area contributed by atoms with Gasteiger partial charge in [-0.25, -0.2) is 8.42 Å². The molecule has 0 bridgehead atoms. The SMILES string of the molecule is CCS(=O)(=O)Nc1ccc(NC(=O)CCN)cc1.Cl. The van der Waals surface area contributed by atoms with Crippen LogP contribution in [0.5, 0.6) is 0 Å². The second-order valence-corrected chi connectivity index (χ2v) is 5.68. The molecule has 19 heavy (non-hydrogen) atoms. The van der Waals surface area contributed by atoms with Gasteiger partial charge in [-0.05, 0) is 31.2 Å². The van der Waals surface area contributed by atoms with Crippen molar-refractivity contribution in [2.24, 2.45) is 5.73 Å². The monoisotopic (exact) mass is 307 g/mol. The molecule has 1 rings (SSSR count). The van der Waals surface area contributed by atoms with Gasteiger partial charge in [0.1, 0.15) is 0 Å². The van der Waals surface area contributed by atoms with E-state index in [2.05, 4.69) is 10.0 Å². The summed E-state index contributed by atoms with van der Waals surface area (Å²) in [5.74, 6) is -0.151. The Kier molecular flexibility index (Phi) is 7.43. The topological polar surface area (TPSA) is 101 Å². The Bertz CT molecular complexity index is 502. The second-order valence-electron chi connectivity index (χ2n) is 3.67. The molecule has 0 saturated carbocycles. The third-order valence-corrected chi connectivity index (χ3v) is 3.50. The number of hydrogen-bond donors (Lipinski definition) is 3. The highest BCUT2D eigenvalue weighted by atomic mass is 35.5. The van der Waals surface area contributed by atoms with E-state index in [9.17, 15) is 13.2 Å². The van der Waals surface area contributed by atoms with Crippen molar-refractivity contribution in [3.05, 3.63) is 24.3 Å². The zero-order valence-corrected chi connectivity index (χ0v) is 12.2. The van der Waals surface area contributed by atoms with Crippen LogP contribution >= 0.6 is 12.4 Å². The third kappa shape index (κ3) is 6.42. The minimum absolute atomic E-state index is 0. The van der Waals surface area contributed by atoms with Gasteiger partial charge in [-0.2, -0.15) is 0 Å². The Morgan fingerprint density at radius 3 is 2.21 bits per heavy atom. The van der Waals surface area contributed by atoms with E-state index in [0.29, 0.717) is 17.9 Å². The van der Waals surface area contributed by atoms with Gasteiger partial charge < -0.3 is 11.1 Å². The summed E-state index contributed by atoms with van der Waals surface area (Å²) in [6.07, 6.45) is 0.254. The first-order valence-corrected chi connectivity index (χ1v) is 7.22. The molecule has 0 unspecified atom stereocenters. The molecular formula is C11H18ClN3O3S. The lowest BCUT2D eigenvalue weighted by Gasteiger charge is -2.08. The number of sulfonamides is 1. The number of carbonyl (C=O) groups excluding carboxylic acids is 1. The Balaban J connectivity index is 0.00000324. The van der Waals surface area contributed by atoms with Gasteiger partial charge in [-0.15, -0.1) is 12.4 Å². The van der Waals surface area contributed by atoms with Crippen LogP contribution in [0.15, 0.2) is 24.3 Å². The van der Waals surface area contributed by atoms with E-state index in [1.807, 2.05) is 0 Å². The summed E-state index contributed by atoms with van der Waals surface area (Å²) in [7, 11) is -3.27. The molecule has 4 N–H and O–H groups in total. The van der Waals surface area contributed by atoms with Crippen molar-refractivity contribution in [2.45, 2.75) is 13.3 Å². The molecule has 108 valence electrons. The van der Waals surface area contributed by atoms with Gasteiger partial charge in [0.25, 0.3) is 0 Å². The highest BCUT2D eigenvalue weighted by Crippen LogP contribution is 2.14. The molecule has 0 spiro atoms. The van der Waals surface area contributed by atoms with Gasteiger partial charge in [0.15, 0.2) is 0 Å². The van der Waals surface area contributed by atoms with Gasteiger partial charge in [0, 0.05) is 24.3 Å². The second kappa shape index (κ2) is 7.98. The van der Waals surface area contributed by atoms with Crippen LogP contribution in [0.25, 0.3) is 0 Å². The van der Waals surface area contributed by atoms with Gasteiger partial charge in [0.05, 0.1) is 5.75 Å². The molecular weight excluding hydrogens is 290 g/mol. The van der Waals surface area contributed by atoms with E-state index in [1.165, 1.54) is 0 Å². The minimum Gasteiger partial charge on any atom is -0.330 e. The molecule has 0 radical (unpaired) electrons. The summed E-state index contributed by atoms with van der Waals surface area (Å²) >= 11 is 0. The maximum absolute atomic E-state index is 11.3. The van der Waals surface area contributed by atoms with Gasteiger partial charge >= 0.3 is 0 Å². The van der Waals surface area contributed by atoms with E-state index >= 15 is 0 Å². The van der Waals surface area contributed by atoms with E-state index in [1.54, 1.807) is 31.2 Å². The van der Waals surface area contributed by atoms with Crippen LogP contribution in [0.2, 0.25) is 0 Å². The molecule has 0 fully saturated rings. The quantitative estimate of drug-likeness (QED) is 0.734. The molecule has 8 heteroatoms. The van der Waals surface area contributed by atoms with Crippen molar-refractivity contribution in [2.75, 3.05) is 22.3 Å². The maximum Gasteiger partial charge on any atom is 0.232 e. The lowest BCUT2D eigenvalue weighted by molar-refractivity contribution is -0.116. The van der Waals surface area contributed by atoms with E-state index in [0.717, 1.165) is 0 Å². The molecule has 0 aliphatic heterocycles. The fraction of sp³-hybridized carbons (Fsp3) is 0.364. The summed E-state index contributed by atoms with van der Waals surface area (Å²) in [5, 5.41) is 2.65. The first-order chi connectivity index (χ1) is 8.46. The lowest BCUT2D eigenvalue weighted by atomic mass is 10.3. The maximum atomic E-state index is 11.3. The number of halogens is 1. The van der Waals surface area contributed by atoms with Gasteiger partial charge in [-0.1, -0.05) is 0 Å². The number of nitrogens with two attached hydrogens (primary N) is 1. The Labute approximate surface area is 119 Å². The Hall–Kier alpha value is -1.31. The summed E-state index contributed by atoms with van der Waals surface area (Å²) in [5.41, 5.74) is 6.33. The number of amides is 1. The summed E-state index contributed by atoms with van der Waals surface area (Å²) in [6.45, 7) is 1.85. The largest absolute Gasteiger partial charge is 0.330 e. The number of benzene rings is 1. The highest BCUT2D eigenvalue weighted by Gasteiger charge is 2.06. The zero-order chi connectivity index (χ0) is 13.6. The van der Waals surface area contributed by atoms with Crippen LogP contribution in [0.4, 0.5) is 11.4 Å². The molecule has 1 aromatic rings. The molecule has 0 saturated heterocycles. The number of nitrogens with one attached hydrogen (secondary N) is 2. The average molecular weight is 308 g/mol. The van der Waals surface area contributed by atoms with Gasteiger partial charge in [0.2, 0.25) is 15.9 Å². The smallest absolute Gasteiger partial charge is 0.232 e. The van der Waals surface area contributed by atoms with Crippen LogP contribution in [-0.2, 0) is 14.8 Å². The first kappa shape index (κ1) is 17.7. The number of anilines is 2. The predicted molar refractivity (Wildman–Crippen MR) is 79.1 cm³/mol. The summed E-state index contributed by atoms with van der Waals surface area (Å²) in [6, 6.07) is 6.43. The summed E-state index contributed by atoms with van der Waals surface area (Å²) < 4.78 is 25.1. The molecule has 1 aromatic carbocycles. The first-order valence-electron chi connectivity index (χ1n) is 5.57. The predicted octanol–water partition coefficient (Wildman–Crippen LogP) is 1.16. The molecule has 0 aliphatic rings. The Morgan fingerprint density at radius 1 is 1.21 bits per heavy atom. The van der Waals surface area contributed by atoms with Crippen molar-refractivity contribution in [1.82, 2.24) is 0 Å². The van der Waals surface area contributed by atoms with Crippen LogP contribution in [0.1, 0.15) is 13.3 Å². The minimum atomic E-state index is -3.27. The Morgan fingerprint density at radius 2 is 1.74 bits per heavy atom. The lowest BCUT2D eigenvalue weighted by Crippen LogP contribution is -2.16. The third-order valence-electron chi connectivity index (χ3n) is 2.19. The number of rotatable bonds is 6. The fourth-order valence-electron chi connectivity index (χ4n) is 1.23. The van der Waals surface area contributed by atoms with E-state index in [4.69, 9.17) is 5.73 Å². The highest BCUT2D eigenvalue weighted by molar-refractivity contribution is 7.92. The van der Waals surface area contributed by atoms with Crippen LogP contribution in [-0.4, -0.2) is 26.6 Å². The normalized spacial score (nSPS) is 10.4. The summed E-state index contributed by atoms with van der Waals surface area (Å²) in [4.78, 5) is 11.3. The fourth-order valence-corrected chi connectivity index (χ4v) is 1.87. The van der Waals surface area contributed by atoms with Crippen LogP contribution < -0.4 is 15.8 Å². The van der Waals surface area contributed by atoms with Crippen molar-refractivity contribution >= 4 is 39.7 Å². The molecule has 0 aliphatic carbocycles. The van der Waals surface area contributed by atoms with Crippen molar-refractivity contribution in [3.8, 4) is 0 Å².